The highest BCUT2D eigenvalue weighted by molar-refractivity contribution is 5.79. The normalized spacial score (nSPS) is 22.2. The standard InChI is InChI=1S/C16H21NO3/c18-15(19)10-11-17-16(20)14-8-6-13(7-9-14)12-4-2-1-3-5-12/h1-5,13-14H,6-11H2,(H,17,20)(H,18,19). The molecule has 1 aromatic carbocycles. The van der Waals surface area contributed by atoms with Crippen LogP contribution in [0.3, 0.4) is 0 Å². The van der Waals surface area contributed by atoms with E-state index in [1.165, 1.54) is 5.56 Å². The van der Waals surface area contributed by atoms with Crippen molar-refractivity contribution >= 4 is 11.9 Å². The molecule has 108 valence electrons. The first kappa shape index (κ1) is 14.6. The van der Waals surface area contributed by atoms with Gasteiger partial charge in [-0.2, -0.15) is 0 Å². The zero-order chi connectivity index (χ0) is 14.4. The fourth-order valence-corrected chi connectivity index (χ4v) is 2.85. The van der Waals surface area contributed by atoms with Gasteiger partial charge in [0.15, 0.2) is 0 Å². The van der Waals surface area contributed by atoms with E-state index in [2.05, 4.69) is 29.6 Å². The maximum absolute atomic E-state index is 11.9. The van der Waals surface area contributed by atoms with Crippen molar-refractivity contribution in [2.24, 2.45) is 5.92 Å². The van der Waals surface area contributed by atoms with E-state index in [0.29, 0.717) is 5.92 Å². The molecule has 4 heteroatoms. The lowest BCUT2D eigenvalue weighted by Gasteiger charge is -2.28. The molecule has 2 rings (SSSR count). The third-order valence-electron chi connectivity index (χ3n) is 4.01. The molecule has 4 nitrogen and oxygen atoms in total. The average Bonchev–Trinajstić information content (AvgIpc) is 2.48. The molecule has 1 saturated carbocycles. The van der Waals surface area contributed by atoms with Crippen LogP contribution in [0.2, 0.25) is 0 Å². The SMILES string of the molecule is O=C(O)CCNC(=O)C1CCC(c2ccccc2)CC1. The van der Waals surface area contributed by atoms with Crippen molar-refractivity contribution in [3.8, 4) is 0 Å². The summed E-state index contributed by atoms with van der Waals surface area (Å²) in [6.45, 7) is 0.229. The lowest BCUT2D eigenvalue weighted by atomic mass is 9.78. The largest absolute Gasteiger partial charge is 0.481 e. The Morgan fingerprint density at radius 1 is 1.10 bits per heavy atom. The first-order valence-electron chi connectivity index (χ1n) is 7.21. The highest BCUT2D eigenvalue weighted by Crippen LogP contribution is 2.35. The third-order valence-corrected chi connectivity index (χ3v) is 4.01. The molecule has 1 aromatic rings. The summed E-state index contributed by atoms with van der Waals surface area (Å²) in [7, 11) is 0. The van der Waals surface area contributed by atoms with Crippen LogP contribution >= 0.6 is 0 Å². The summed E-state index contributed by atoms with van der Waals surface area (Å²) in [4.78, 5) is 22.3. The second kappa shape index (κ2) is 7.08. The van der Waals surface area contributed by atoms with Gasteiger partial charge in [0.05, 0.1) is 6.42 Å². The lowest BCUT2D eigenvalue weighted by molar-refractivity contribution is -0.137. The summed E-state index contributed by atoms with van der Waals surface area (Å²) in [6, 6.07) is 10.4. The van der Waals surface area contributed by atoms with E-state index in [4.69, 9.17) is 5.11 Å². The topological polar surface area (TPSA) is 66.4 Å². The van der Waals surface area contributed by atoms with Gasteiger partial charge in [-0.1, -0.05) is 30.3 Å². The molecule has 0 aliphatic heterocycles. The van der Waals surface area contributed by atoms with E-state index < -0.39 is 5.97 Å². The Labute approximate surface area is 119 Å². The molecule has 1 fully saturated rings. The van der Waals surface area contributed by atoms with Gasteiger partial charge in [-0.15, -0.1) is 0 Å². The molecule has 0 unspecified atom stereocenters. The smallest absolute Gasteiger partial charge is 0.305 e. The van der Waals surface area contributed by atoms with Crippen LogP contribution in [0.1, 0.15) is 43.6 Å². The number of carboxylic acids is 1. The number of hydrogen-bond acceptors (Lipinski definition) is 2. The van der Waals surface area contributed by atoms with Crippen molar-refractivity contribution in [3.63, 3.8) is 0 Å². The number of nitrogens with one attached hydrogen (secondary N) is 1. The first-order valence-corrected chi connectivity index (χ1v) is 7.21. The van der Waals surface area contributed by atoms with E-state index in [0.717, 1.165) is 25.7 Å². The highest BCUT2D eigenvalue weighted by atomic mass is 16.4. The Morgan fingerprint density at radius 2 is 1.75 bits per heavy atom. The van der Waals surface area contributed by atoms with Gasteiger partial charge >= 0.3 is 5.97 Å². The number of amides is 1. The van der Waals surface area contributed by atoms with Crippen LogP contribution in [0.15, 0.2) is 30.3 Å². The summed E-state index contributed by atoms with van der Waals surface area (Å²) >= 11 is 0. The second-order valence-corrected chi connectivity index (χ2v) is 5.39. The molecule has 1 aliphatic carbocycles. The van der Waals surface area contributed by atoms with Crippen LogP contribution in [0, 0.1) is 5.92 Å². The monoisotopic (exact) mass is 275 g/mol. The molecular weight excluding hydrogens is 254 g/mol. The summed E-state index contributed by atoms with van der Waals surface area (Å²) in [5.41, 5.74) is 1.36. The Hall–Kier alpha value is -1.84. The van der Waals surface area contributed by atoms with Crippen molar-refractivity contribution in [2.45, 2.75) is 38.0 Å². The molecule has 0 radical (unpaired) electrons. The van der Waals surface area contributed by atoms with Crippen LogP contribution in [-0.4, -0.2) is 23.5 Å². The second-order valence-electron chi connectivity index (χ2n) is 5.39. The number of hydrogen-bond donors (Lipinski definition) is 2. The predicted octanol–water partition coefficient (Wildman–Crippen LogP) is 2.55. The van der Waals surface area contributed by atoms with E-state index in [1.54, 1.807) is 0 Å². The summed E-state index contributed by atoms with van der Waals surface area (Å²) in [5, 5.41) is 11.3. The number of aliphatic carboxylic acids is 1. The Bertz CT molecular complexity index is 450. The van der Waals surface area contributed by atoms with Crippen LogP contribution in [-0.2, 0) is 9.59 Å². The molecule has 0 saturated heterocycles. The minimum absolute atomic E-state index is 0.00883. The zero-order valence-corrected chi connectivity index (χ0v) is 11.5. The number of benzene rings is 1. The van der Waals surface area contributed by atoms with Crippen molar-refractivity contribution in [1.29, 1.82) is 0 Å². The van der Waals surface area contributed by atoms with Crippen molar-refractivity contribution < 1.29 is 14.7 Å². The van der Waals surface area contributed by atoms with E-state index >= 15 is 0 Å². The van der Waals surface area contributed by atoms with Gasteiger partial charge < -0.3 is 10.4 Å². The summed E-state index contributed by atoms with van der Waals surface area (Å²) in [5.74, 6) is -0.265. The Kier molecular flexibility index (Phi) is 5.16. The van der Waals surface area contributed by atoms with Crippen LogP contribution in [0.25, 0.3) is 0 Å². The van der Waals surface area contributed by atoms with Crippen LogP contribution in [0.5, 0.6) is 0 Å². The fourth-order valence-electron chi connectivity index (χ4n) is 2.85. The van der Waals surface area contributed by atoms with E-state index in [9.17, 15) is 9.59 Å². The zero-order valence-electron chi connectivity index (χ0n) is 11.5. The molecule has 20 heavy (non-hydrogen) atoms. The number of carbonyl (C=O) groups excluding carboxylic acids is 1. The fraction of sp³-hybridized carbons (Fsp3) is 0.500. The number of carboxylic acid groups (broad SMARTS) is 1. The average molecular weight is 275 g/mol. The molecule has 0 bridgehead atoms. The molecule has 0 atom stereocenters. The Morgan fingerprint density at radius 3 is 2.35 bits per heavy atom. The minimum atomic E-state index is -0.877. The molecule has 1 aliphatic rings. The van der Waals surface area contributed by atoms with E-state index in [1.807, 2.05) is 6.07 Å². The first-order chi connectivity index (χ1) is 9.66. The minimum Gasteiger partial charge on any atom is -0.481 e. The van der Waals surface area contributed by atoms with Gasteiger partial charge in [0.1, 0.15) is 0 Å². The molecule has 0 aromatic heterocycles. The quantitative estimate of drug-likeness (QED) is 0.868. The summed E-state index contributed by atoms with van der Waals surface area (Å²) < 4.78 is 0. The van der Waals surface area contributed by atoms with Crippen molar-refractivity contribution in [1.82, 2.24) is 5.32 Å². The Balaban J connectivity index is 1.76. The van der Waals surface area contributed by atoms with Gasteiger partial charge in [-0.25, -0.2) is 0 Å². The van der Waals surface area contributed by atoms with Gasteiger partial charge in [-0.05, 0) is 37.2 Å². The molecular formula is C16H21NO3. The molecule has 1 amide bonds. The molecule has 0 spiro atoms. The van der Waals surface area contributed by atoms with Gasteiger partial charge in [0, 0.05) is 12.5 Å². The van der Waals surface area contributed by atoms with Crippen LogP contribution in [0.4, 0.5) is 0 Å². The van der Waals surface area contributed by atoms with E-state index in [-0.39, 0.29) is 24.8 Å². The third kappa shape index (κ3) is 4.08. The molecule has 2 N–H and O–H groups in total. The van der Waals surface area contributed by atoms with Gasteiger partial charge in [0.25, 0.3) is 0 Å². The summed E-state index contributed by atoms with van der Waals surface area (Å²) in [6.07, 6.45) is 3.82. The lowest BCUT2D eigenvalue weighted by Crippen LogP contribution is -2.34. The number of carbonyl (C=O) groups is 2. The number of rotatable bonds is 5. The maximum atomic E-state index is 11.9. The van der Waals surface area contributed by atoms with Gasteiger partial charge in [-0.3, -0.25) is 9.59 Å². The van der Waals surface area contributed by atoms with Gasteiger partial charge in [0.2, 0.25) is 5.91 Å². The van der Waals surface area contributed by atoms with Crippen molar-refractivity contribution in [2.75, 3.05) is 6.54 Å². The highest BCUT2D eigenvalue weighted by Gasteiger charge is 2.26. The van der Waals surface area contributed by atoms with Crippen LogP contribution < -0.4 is 5.32 Å². The predicted molar refractivity (Wildman–Crippen MR) is 76.4 cm³/mol. The maximum Gasteiger partial charge on any atom is 0.305 e. The van der Waals surface area contributed by atoms with Crippen molar-refractivity contribution in [3.05, 3.63) is 35.9 Å². The molecule has 0 heterocycles.